The summed E-state index contributed by atoms with van der Waals surface area (Å²) in [6.45, 7) is 4.79. The molecule has 0 bridgehead atoms. The van der Waals surface area contributed by atoms with Crippen LogP contribution in [0.15, 0.2) is 261 Å². The van der Waals surface area contributed by atoms with E-state index in [9.17, 15) is 0 Å². The first-order valence-electron chi connectivity index (χ1n) is 28.2. The third-order valence-corrected chi connectivity index (χ3v) is 18.1. The van der Waals surface area contributed by atoms with Crippen molar-refractivity contribution in [2.24, 2.45) is 0 Å². The van der Waals surface area contributed by atoms with Crippen LogP contribution in [0, 0.1) is 0 Å². The highest BCUT2D eigenvalue weighted by molar-refractivity contribution is 6.03. The molecule has 4 aliphatic rings. The molecule has 1 saturated carbocycles. The molecular weight excluding hydrogens is 941 g/mol. The van der Waals surface area contributed by atoms with Crippen LogP contribution in [0.25, 0.3) is 55.6 Å². The summed E-state index contributed by atoms with van der Waals surface area (Å²) >= 11 is 0. The van der Waals surface area contributed by atoms with Crippen molar-refractivity contribution in [1.82, 2.24) is 0 Å². The summed E-state index contributed by atoms with van der Waals surface area (Å²) in [4.78, 5) is 5.04. The lowest BCUT2D eigenvalue weighted by Gasteiger charge is -2.35. The maximum Gasteiger partial charge on any atom is 0.0727 e. The van der Waals surface area contributed by atoms with Gasteiger partial charge in [0.05, 0.1) is 16.8 Å². The number of fused-ring (bicyclic) bond motifs is 13. The van der Waals surface area contributed by atoms with Gasteiger partial charge < -0.3 is 9.80 Å². The molecule has 2 nitrogen and oxygen atoms in total. The standard InChI is InChI=1S/C76H60N2/c1-75(2)67-37-21-18-34-59(67)62-45-44-58(46-70(62)75)78(57-32-16-7-17-33-57)74-50-72-66(48-64(74)54-42-40-52(41-43-54)51-24-8-3-9-25-51)61-36-20-23-39-69(61)76(72)68-38-22-19-35-60(68)65-47-63(53-26-10-4-11-27-53)73(49-71(65)76)77(55-28-12-5-13-29-55)56-30-14-6-15-31-56/h4-7,10-23,26-51H,3,8-9,24-25H2,1-2H3. The van der Waals surface area contributed by atoms with Crippen molar-refractivity contribution in [2.75, 3.05) is 9.80 Å². The second-order valence-electron chi connectivity index (χ2n) is 22.6. The molecule has 0 radical (unpaired) electrons. The van der Waals surface area contributed by atoms with E-state index in [1.54, 1.807) is 0 Å². The Morgan fingerprint density at radius 2 is 0.705 bits per heavy atom. The minimum absolute atomic E-state index is 0.174. The molecule has 11 aromatic rings. The van der Waals surface area contributed by atoms with Gasteiger partial charge in [0.25, 0.3) is 0 Å². The highest BCUT2D eigenvalue weighted by Gasteiger charge is 2.53. The molecule has 1 fully saturated rings. The van der Waals surface area contributed by atoms with Gasteiger partial charge in [-0.25, -0.2) is 0 Å². The molecule has 0 N–H and O–H groups in total. The Balaban J connectivity index is 1.04. The van der Waals surface area contributed by atoms with E-state index in [0.29, 0.717) is 5.92 Å². The van der Waals surface area contributed by atoms with Gasteiger partial charge in [-0.3, -0.25) is 0 Å². The first-order valence-corrected chi connectivity index (χ1v) is 28.2. The van der Waals surface area contributed by atoms with Crippen molar-refractivity contribution >= 4 is 34.1 Å². The second kappa shape index (κ2) is 18.4. The maximum absolute atomic E-state index is 2.61. The highest BCUT2D eigenvalue weighted by Crippen LogP contribution is 2.66. The van der Waals surface area contributed by atoms with E-state index in [1.165, 1.54) is 127 Å². The normalized spacial score (nSPS) is 16.2. The lowest BCUT2D eigenvalue weighted by molar-refractivity contribution is 0.443. The fourth-order valence-corrected chi connectivity index (χ4v) is 14.4. The molecule has 1 spiro atoms. The smallest absolute Gasteiger partial charge is 0.0727 e. The monoisotopic (exact) mass is 1000 g/mol. The number of para-hydroxylation sites is 3. The number of hydrogen-bond donors (Lipinski definition) is 0. The summed E-state index contributed by atoms with van der Waals surface area (Å²) in [5, 5.41) is 0. The van der Waals surface area contributed by atoms with E-state index in [4.69, 9.17) is 0 Å². The van der Waals surface area contributed by atoms with Gasteiger partial charge in [-0.1, -0.05) is 221 Å². The molecule has 78 heavy (non-hydrogen) atoms. The Labute approximate surface area is 459 Å². The molecule has 0 aliphatic heterocycles. The van der Waals surface area contributed by atoms with Gasteiger partial charge in [-0.15, -0.1) is 0 Å². The summed E-state index contributed by atoms with van der Waals surface area (Å²) in [6, 6.07) is 98.8. The summed E-state index contributed by atoms with van der Waals surface area (Å²) in [7, 11) is 0. The summed E-state index contributed by atoms with van der Waals surface area (Å²) in [5.74, 6) is 0.619. The van der Waals surface area contributed by atoms with E-state index in [2.05, 4.69) is 285 Å². The SMILES string of the molecule is CC1(C)c2ccccc2-c2ccc(N(c3ccccc3)c3cc4c(cc3-c3ccc(C5CCCCC5)cc3)-c3ccccc3C43c4ccccc4-c4cc(-c5ccccc5)c(N(c5ccccc5)c5ccccc5)cc43)cc21. The van der Waals surface area contributed by atoms with E-state index in [-0.39, 0.29) is 5.41 Å². The number of anilines is 6. The molecule has 15 rings (SSSR count). The van der Waals surface area contributed by atoms with Crippen LogP contribution in [-0.2, 0) is 10.8 Å². The Morgan fingerprint density at radius 3 is 1.22 bits per heavy atom. The Bertz CT molecular complexity index is 4040. The average Bonchev–Trinajstić information content (AvgIpc) is 3.44. The Hall–Kier alpha value is -8.98. The highest BCUT2D eigenvalue weighted by atomic mass is 15.2. The lowest BCUT2D eigenvalue weighted by Crippen LogP contribution is -2.27. The van der Waals surface area contributed by atoms with Gasteiger partial charge in [0.2, 0.25) is 0 Å². The first-order chi connectivity index (χ1) is 38.5. The van der Waals surface area contributed by atoms with Crippen LogP contribution in [-0.4, -0.2) is 0 Å². The predicted octanol–water partition coefficient (Wildman–Crippen LogP) is 20.7. The van der Waals surface area contributed by atoms with Crippen LogP contribution in [0.3, 0.4) is 0 Å². The van der Waals surface area contributed by atoms with Crippen LogP contribution >= 0.6 is 0 Å². The van der Waals surface area contributed by atoms with E-state index in [0.717, 1.165) is 34.1 Å². The van der Waals surface area contributed by atoms with Gasteiger partial charge in [-0.2, -0.15) is 0 Å². The van der Waals surface area contributed by atoms with Gasteiger partial charge in [0.15, 0.2) is 0 Å². The zero-order valence-electron chi connectivity index (χ0n) is 44.3. The van der Waals surface area contributed by atoms with Crippen molar-refractivity contribution < 1.29 is 0 Å². The Kier molecular flexibility index (Phi) is 10.9. The van der Waals surface area contributed by atoms with Crippen molar-refractivity contribution in [2.45, 2.75) is 62.7 Å². The van der Waals surface area contributed by atoms with E-state index in [1.807, 2.05) is 0 Å². The van der Waals surface area contributed by atoms with E-state index >= 15 is 0 Å². The molecule has 0 amide bonds. The molecule has 0 aromatic heterocycles. The van der Waals surface area contributed by atoms with Crippen LogP contribution in [0.2, 0.25) is 0 Å². The summed E-state index contributed by atoms with van der Waals surface area (Å²) < 4.78 is 0. The Morgan fingerprint density at radius 1 is 0.295 bits per heavy atom. The van der Waals surface area contributed by atoms with Gasteiger partial charge in [0.1, 0.15) is 0 Å². The average molecular weight is 1000 g/mol. The maximum atomic E-state index is 2.61. The summed E-state index contributed by atoms with van der Waals surface area (Å²) in [5.41, 5.74) is 27.9. The van der Waals surface area contributed by atoms with Crippen molar-refractivity contribution in [3.8, 4) is 55.6 Å². The van der Waals surface area contributed by atoms with Gasteiger partial charge >= 0.3 is 0 Å². The van der Waals surface area contributed by atoms with Crippen molar-refractivity contribution in [3.05, 3.63) is 300 Å². The van der Waals surface area contributed by atoms with Crippen LogP contribution in [0.5, 0.6) is 0 Å². The zero-order valence-corrected chi connectivity index (χ0v) is 44.3. The minimum Gasteiger partial charge on any atom is -0.310 e. The third-order valence-electron chi connectivity index (χ3n) is 18.1. The molecule has 374 valence electrons. The van der Waals surface area contributed by atoms with Gasteiger partial charge in [0, 0.05) is 39.3 Å². The third kappa shape index (κ3) is 7.09. The number of hydrogen-bond acceptors (Lipinski definition) is 2. The predicted molar refractivity (Wildman–Crippen MR) is 326 cm³/mol. The van der Waals surface area contributed by atoms with E-state index < -0.39 is 5.41 Å². The van der Waals surface area contributed by atoms with Crippen molar-refractivity contribution in [1.29, 1.82) is 0 Å². The number of rotatable bonds is 9. The van der Waals surface area contributed by atoms with Crippen LogP contribution < -0.4 is 9.80 Å². The fraction of sp³-hybridized carbons (Fsp3) is 0.132. The molecule has 1 unspecified atom stereocenters. The largest absolute Gasteiger partial charge is 0.310 e. The molecule has 0 saturated heterocycles. The quantitative estimate of drug-likeness (QED) is 0.142. The molecule has 1 atom stereocenters. The van der Waals surface area contributed by atoms with Crippen LogP contribution in [0.4, 0.5) is 34.1 Å². The topological polar surface area (TPSA) is 6.48 Å². The molecule has 11 aromatic carbocycles. The minimum atomic E-state index is -0.664. The second-order valence-corrected chi connectivity index (χ2v) is 22.6. The molecule has 0 heterocycles. The lowest BCUT2D eigenvalue weighted by atomic mass is 9.70. The van der Waals surface area contributed by atoms with Gasteiger partial charge in [-0.05, 0) is 175 Å². The number of benzene rings is 11. The number of nitrogens with zero attached hydrogens (tertiary/aromatic N) is 2. The fourth-order valence-electron chi connectivity index (χ4n) is 14.4. The molecular formula is C76H60N2. The van der Waals surface area contributed by atoms with Crippen LogP contribution in [0.1, 0.15) is 90.8 Å². The van der Waals surface area contributed by atoms with Crippen molar-refractivity contribution in [3.63, 3.8) is 0 Å². The zero-order chi connectivity index (χ0) is 52.0. The summed E-state index contributed by atoms with van der Waals surface area (Å²) in [6.07, 6.45) is 6.52. The molecule has 2 heteroatoms. The first kappa shape index (κ1) is 46.3. The molecule has 4 aliphatic carbocycles.